The van der Waals surface area contributed by atoms with Gasteiger partial charge in [0.2, 0.25) is 0 Å². The normalized spacial score (nSPS) is 13.3. The average molecular weight is 639 g/mol. The molecular weight excluding hydrogens is 609 g/mol. The van der Waals surface area contributed by atoms with E-state index in [2.05, 4.69) is 150 Å². The number of hydrogen-bond donors (Lipinski definition) is 0. The summed E-state index contributed by atoms with van der Waals surface area (Å²) in [5, 5.41) is 0. The SMILES string of the molecule is c1ccc(-c2nc(-c3ccccc3)nc(-c3cccc4c3-c3ccccc3C43c4ccccc4N(c4ccccc4)c4ccccc43)n2)cc1. The van der Waals surface area contributed by atoms with Crippen molar-refractivity contribution in [1.82, 2.24) is 15.0 Å². The average Bonchev–Trinajstić information content (AvgIpc) is 3.50. The highest BCUT2D eigenvalue weighted by molar-refractivity contribution is 5.99. The van der Waals surface area contributed by atoms with E-state index < -0.39 is 5.41 Å². The molecule has 8 aromatic rings. The Morgan fingerprint density at radius 3 is 1.38 bits per heavy atom. The van der Waals surface area contributed by atoms with E-state index in [1.807, 2.05) is 36.4 Å². The molecule has 234 valence electrons. The molecule has 2 heterocycles. The van der Waals surface area contributed by atoms with Crippen LogP contribution in [0.25, 0.3) is 45.3 Å². The Labute approximate surface area is 291 Å². The first-order valence-electron chi connectivity index (χ1n) is 17.0. The summed E-state index contributed by atoms with van der Waals surface area (Å²) in [4.78, 5) is 17.8. The highest BCUT2D eigenvalue weighted by atomic mass is 15.2. The van der Waals surface area contributed by atoms with Gasteiger partial charge in [-0.15, -0.1) is 0 Å². The molecule has 0 saturated carbocycles. The highest BCUT2D eigenvalue weighted by Gasteiger charge is 2.52. The Morgan fingerprint density at radius 1 is 0.340 bits per heavy atom. The van der Waals surface area contributed by atoms with Crippen LogP contribution in [-0.2, 0) is 5.41 Å². The van der Waals surface area contributed by atoms with Gasteiger partial charge >= 0.3 is 0 Å². The third-order valence-corrected chi connectivity index (χ3v) is 10.1. The molecule has 0 radical (unpaired) electrons. The van der Waals surface area contributed by atoms with Gasteiger partial charge in [-0.25, -0.2) is 15.0 Å². The Kier molecular flexibility index (Phi) is 6.36. The molecule has 50 heavy (non-hydrogen) atoms. The number of rotatable bonds is 4. The third kappa shape index (κ3) is 4.09. The van der Waals surface area contributed by atoms with Gasteiger partial charge in [0.25, 0.3) is 0 Å². The standard InChI is InChI=1S/C46H30N4/c1-4-17-31(18-5-1)43-47-44(32-19-6-2-7-20-32)49-45(48-43)35-24-16-28-39-42(35)34-23-10-11-25-36(34)46(39)37-26-12-14-29-40(37)50(33-21-8-3-9-22-33)41-30-15-13-27-38(41)46/h1-30H. The summed E-state index contributed by atoms with van der Waals surface area (Å²) >= 11 is 0. The molecule has 0 atom stereocenters. The fourth-order valence-electron chi connectivity index (χ4n) is 8.13. The molecule has 2 aliphatic rings. The Morgan fingerprint density at radius 2 is 0.780 bits per heavy atom. The van der Waals surface area contributed by atoms with Gasteiger partial charge in [0.15, 0.2) is 17.5 Å². The van der Waals surface area contributed by atoms with Crippen molar-refractivity contribution >= 4 is 17.1 Å². The topological polar surface area (TPSA) is 41.9 Å². The second kappa shape index (κ2) is 11.2. The molecule has 0 unspecified atom stereocenters. The molecule has 0 fully saturated rings. The smallest absolute Gasteiger partial charge is 0.164 e. The van der Waals surface area contributed by atoms with Crippen LogP contribution in [0.3, 0.4) is 0 Å². The van der Waals surface area contributed by atoms with Crippen LogP contribution in [0.5, 0.6) is 0 Å². The Balaban J connectivity index is 1.28. The van der Waals surface area contributed by atoms with Crippen molar-refractivity contribution < 1.29 is 0 Å². The van der Waals surface area contributed by atoms with Crippen molar-refractivity contribution in [3.05, 3.63) is 204 Å². The summed E-state index contributed by atoms with van der Waals surface area (Å²) in [5.74, 6) is 1.96. The monoisotopic (exact) mass is 638 g/mol. The van der Waals surface area contributed by atoms with E-state index in [1.165, 1.54) is 39.2 Å². The van der Waals surface area contributed by atoms with Crippen molar-refractivity contribution in [2.45, 2.75) is 5.41 Å². The predicted octanol–water partition coefficient (Wildman–Crippen LogP) is 11.0. The molecule has 0 bridgehead atoms. The van der Waals surface area contributed by atoms with Crippen LogP contribution in [0.1, 0.15) is 22.3 Å². The number of fused-ring (bicyclic) bond motifs is 9. The maximum absolute atomic E-state index is 5.19. The predicted molar refractivity (Wildman–Crippen MR) is 202 cm³/mol. The summed E-state index contributed by atoms with van der Waals surface area (Å²) in [6.07, 6.45) is 0. The van der Waals surface area contributed by atoms with E-state index in [-0.39, 0.29) is 0 Å². The zero-order chi connectivity index (χ0) is 33.1. The van der Waals surface area contributed by atoms with Gasteiger partial charge in [-0.05, 0) is 57.6 Å². The van der Waals surface area contributed by atoms with E-state index in [1.54, 1.807) is 0 Å². The van der Waals surface area contributed by atoms with Gasteiger partial charge in [0, 0.05) is 22.4 Å². The van der Waals surface area contributed by atoms with Crippen molar-refractivity contribution in [3.8, 4) is 45.3 Å². The van der Waals surface area contributed by atoms with Gasteiger partial charge in [-0.2, -0.15) is 0 Å². The number of anilines is 3. The second-order valence-electron chi connectivity index (χ2n) is 12.8. The molecule has 1 aliphatic carbocycles. The van der Waals surface area contributed by atoms with Gasteiger partial charge in [-0.3, -0.25) is 0 Å². The molecule has 4 nitrogen and oxygen atoms in total. The van der Waals surface area contributed by atoms with E-state index in [9.17, 15) is 0 Å². The largest absolute Gasteiger partial charge is 0.310 e. The van der Waals surface area contributed by atoms with Gasteiger partial charge < -0.3 is 4.90 Å². The van der Waals surface area contributed by atoms with Gasteiger partial charge in [0.05, 0.1) is 16.8 Å². The van der Waals surface area contributed by atoms with Crippen LogP contribution in [0.4, 0.5) is 17.1 Å². The molecule has 0 N–H and O–H groups in total. The maximum atomic E-state index is 5.19. The highest BCUT2D eigenvalue weighted by Crippen LogP contribution is 2.64. The third-order valence-electron chi connectivity index (χ3n) is 10.1. The summed E-state index contributed by atoms with van der Waals surface area (Å²) < 4.78 is 0. The van der Waals surface area contributed by atoms with E-state index in [0.717, 1.165) is 27.9 Å². The zero-order valence-corrected chi connectivity index (χ0v) is 27.1. The number of nitrogens with zero attached hydrogens (tertiary/aromatic N) is 4. The van der Waals surface area contributed by atoms with Crippen LogP contribution in [0.15, 0.2) is 182 Å². The Hall–Kier alpha value is -6.65. The lowest BCUT2D eigenvalue weighted by Crippen LogP contribution is -2.36. The lowest BCUT2D eigenvalue weighted by molar-refractivity contribution is 0.752. The minimum Gasteiger partial charge on any atom is -0.310 e. The number of hydrogen-bond acceptors (Lipinski definition) is 4. The number of benzene rings is 7. The number of aromatic nitrogens is 3. The molecule has 0 amide bonds. The number of para-hydroxylation sites is 3. The maximum Gasteiger partial charge on any atom is 0.164 e. The molecule has 1 spiro atoms. The van der Waals surface area contributed by atoms with Crippen molar-refractivity contribution in [2.24, 2.45) is 0 Å². The molecule has 1 aromatic heterocycles. The van der Waals surface area contributed by atoms with Crippen LogP contribution < -0.4 is 4.90 Å². The molecular formula is C46H30N4. The van der Waals surface area contributed by atoms with E-state index >= 15 is 0 Å². The molecule has 1 aliphatic heterocycles. The van der Waals surface area contributed by atoms with Gasteiger partial charge in [-0.1, -0.05) is 158 Å². The molecule has 4 heteroatoms. The second-order valence-corrected chi connectivity index (χ2v) is 12.8. The summed E-state index contributed by atoms with van der Waals surface area (Å²) in [7, 11) is 0. The van der Waals surface area contributed by atoms with Crippen LogP contribution in [0.2, 0.25) is 0 Å². The first-order chi connectivity index (χ1) is 24.8. The van der Waals surface area contributed by atoms with Crippen LogP contribution in [-0.4, -0.2) is 15.0 Å². The first kappa shape index (κ1) is 28.4. The molecule has 7 aromatic carbocycles. The summed E-state index contributed by atoms with van der Waals surface area (Å²) in [6.45, 7) is 0. The van der Waals surface area contributed by atoms with Gasteiger partial charge in [0.1, 0.15) is 0 Å². The van der Waals surface area contributed by atoms with E-state index in [0.29, 0.717) is 17.5 Å². The lowest BCUT2D eigenvalue weighted by atomic mass is 9.64. The van der Waals surface area contributed by atoms with Crippen LogP contribution in [0, 0.1) is 0 Å². The van der Waals surface area contributed by atoms with Crippen LogP contribution >= 0.6 is 0 Å². The summed E-state index contributed by atoms with van der Waals surface area (Å²) in [6, 6.07) is 64.4. The lowest BCUT2D eigenvalue weighted by Gasteiger charge is -2.45. The quantitative estimate of drug-likeness (QED) is 0.192. The molecule has 0 saturated heterocycles. The fraction of sp³-hybridized carbons (Fsp3) is 0.0217. The first-order valence-corrected chi connectivity index (χ1v) is 17.0. The van der Waals surface area contributed by atoms with Crippen molar-refractivity contribution in [1.29, 1.82) is 0 Å². The minimum atomic E-state index is -0.558. The van der Waals surface area contributed by atoms with E-state index in [4.69, 9.17) is 15.0 Å². The summed E-state index contributed by atoms with van der Waals surface area (Å²) in [5.41, 5.74) is 13.1. The Bertz CT molecular complexity index is 2440. The van der Waals surface area contributed by atoms with Crippen molar-refractivity contribution in [3.63, 3.8) is 0 Å². The molecule has 10 rings (SSSR count). The zero-order valence-electron chi connectivity index (χ0n) is 27.1. The minimum absolute atomic E-state index is 0.558. The van der Waals surface area contributed by atoms with Crippen molar-refractivity contribution in [2.75, 3.05) is 4.90 Å². The fourth-order valence-corrected chi connectivity index (χ4v) is 8.13.